The summed E-state index contributed by atoms with van der Waals surface area (Å²) in [6, 6.07) is 0. The number of esters is 1. The smallest absolute Gasteiger partial charge is 0.380 e. The van der Waals surface area contributed by atoms with Gasteiger partial charge in [-0.1, -0.05) is 6.58 Å². The third-order valence-corrected chi connectivity index (χ3v) is 2.33. The molecule has 0 saturated heterocycles. The molecule has 0 bridgehead atoms. The first kappa shape index (κ1) is 21.6. The molecule has 1 N–H and O–H groups in total. The first-order chi connectivity index (χ1) is 10.3. The van der Waals surface area contributed by atoms with Crippen LogP contribution in [0.2, 0.25) is 0 Å². The third kappa shape index (κ3) is 5.30. The lowest BCUT2D eigenvalue weighted by Crippen LogP contribution is -2.59. The Morgan fingerprint density at radius 3 is 2.09 bits per heavy atom. The van der Waals surface area contributed by atoms with Gasteiger partial charge in [-0.2, -0.15) is 26.3 Å². The van der Waals surface area contributed by atoms with Gasteiger partial charge < -0.3 is 14.6 Å². The van der Waals surface area contributed by atoms with Gasteiger partial charge in [-0.05, 0) is 0 Å². The van der Waals surface area contributed by atoms with Crippen molar-refractivity contribution in [2.24, 2.45) is 0 Å². The van der Waals surface area contributed by atoms with E-state index in [1.807, 2.05) is 0 Å². The van der Waals surface area contributed by atoms with Gasteiger partial charge in [-0.3, -0.25) is 0 Å². The van der Waals surface area contributed by atoms with Crippen LogP contribution in [0.4, 0.5) is 35.1 Å². The van der Waals surface area contributed by atoms with Crippen LogP contribution in [0.15, 0.2) is 12.7 Å². The molecule has 0 aliphatic rings. The highest BCUT2D eigenvalue weighted by molar-refractivity contribution is 5.81. The van der Waals surface area contributed by atoms with Crippen LogP contribution in [-0.4, -0.2) is 61.2 Å². The first-order valence-corrected chi connectivity index (χ1v) is 5.76. The van der Waals surface area contributed by atoms with E-state index in [2.05, 4.69) is 16.1 Å². The fourth-order valence-electron chi connectivity index (χ4n) is 1.08. The van der Waals surface area contributed by atoms with Crippen molar-refractivity contribution in [3.05, 3.63) is 12.7 Å². The van der Waals surface area contributed by atoms with Crippen LogP contribution in [0, 0.1) is 0 Å². The van der Waals surface area contributed by atoms with E-state index in [0.717, 1.165) is 0 Å². The van der Waals surface area contributed by atoms with Crippen molar-refractivity contribution >= 4 is 5.97 Å². The standard InChI is InChI=1S/C11H12F8O4/c1-2-7(21)23-4-6(20)3-22-5-9(14,15)11(18,19)10(16,17)8(12)13/h2,6,8,20H,1,3-5H2. The molecule has 0 aliphatic carbocycles. The number of carbonyl (C=O) groups excluding carboxylic acids is 1. The molecule has 0 aromatic heterocycles. The summed E-state index contributed by atoms with van der Waals surface area (Å²) in [6.07, 6.45) is -6.06. The topological polar surface area (TPSA) is 55.8 Å². The second kappa shape index (κ2) is 7.90. The van der Waals surface area contributed by atoms with Crippen LogP contribution in [0.25, 0.3) is 0 Å². The molecule has 0 aromatic carbocycles. The van der Waals surface area contributed by atoms with Gasteiger partial charge in [0.05, 0.1) is 6.61 Å². The molecule has 0 aromatic rings. The predicted molar refractivity (Wildman–Crippen MR) is 58.8 cm³/mol. The minimum Gasteiger partial charge on any atom is -0.460 e. The fraction of sp³-hybridized carbons (Fsp3) is 0.727. The Labute approximate surface area is 124 Å². The zero-order chi connectivity index (χ0) is 18.5. The highest BCUT2D eigenvalue weighted by Gasteiger charge is 2.75. The van der Waals surface area contributed by atoms with E-state index in [9.17, 15) is 39.9 Å². The number of hydrogen-bond acceptors (Lipinski definition) is 4. The van der Waals surface area contributed by atoms with E-state index >= 15 is 0 Å². The van der Waals surface area contributed by atoms with Gasteiger partial charge in [-0.15, -0.1) is 0 Å². The third-order valence-electron chi connectivity index (χ3n) is 2.33. The maximum atomic E-state index is 13.0. The van der Waals surface area contributed by atoms with Gasteiger partial charge in [0.1, 0.15) is 19.3 Å². The quantitative estimate of drug-likeness (QED) is 0.369. The van der Waals surface area contributed by atoms with E-state index in [-0.39, 0.29) is 0 Å². The summed E-state index contributed by atoms with van der Waals surface area (Å²) in [5, 5.41) is 9.10. The van der Waals surface area contributed by atoms with Crippen LogP contribution in [0.1, 0.15) is 0 Å². The molecule has 0 spiro atoms. The largest absolute Gasteiger partial charge is 0.460 e. The van der Waals surface area contributed by atoms with Crippen molar-refractivity contribution in [3.8, 4) is 0 Å². The van der Waals surface area contributed by atoms with E-state index < -0.39 is 56.1 Å². The fourth-order valence-corrected chi connectivity index (χ4v) is 1.08. The van der Waals surface area contributed by atoms with Gasteiger partial charge in [0, 0.05) is 6.08 Å². The van der Waals surface area contributed by atoms with Gasteiger partial charge in [0.2, 0.25) is 0 Å². The molecular formula is C11H12F8O4. The number of aliphatic hydroxyl groups excluding tert-OH is 1. The Morgan fingerprint density at radius 1 is 1.13 bits per heavy atom. The molecule has 0 heterocycles. The van der Waals surface area contributed by atoms with Crippen molar-refractivity contribution in [3.63, 3.8) is 0 Å². The summed E-state index contributed by atoms with van der Waals surface area (Å²) in [5.41, 5.74) is 0. The normalized spacial score (nSPS) is 14.7. The van der Waals surface area contributed by atoms with Crippen molar-refractivity contribution in [2.45, 2.75) is 30.3 Å². The van der Waals surface area contributed by atoms with Crippen LogP contribution in [-0.2, 0) is 14.3 Å². The molecule has 0 rings (SSSR count). The maximum absolute atomic E-state index is 13.0. The average Bonchev–Trinajstić information content (AvgIpc) is 2.43. The van der Waals surface area contributed by atoms with E-state index in [0.29, 0.717) is 6.08 Å². The van der Waals surface area contributed by atoms with Crippen molar-refractivity contribution < 1.29 is 54.5 Å². The summed E-state index contributed by atoms with van der Waals surface area (Å²) < 4.78 is 108. The molecule has 1 atom stereocenters. The number of hydrogen-bond donors (Lipinski definition) is 1. The number of carbonyl (C=O) groups is 1. The predicted octanol–water partition coefficient (Wildman–Crippen LogP) is 2.26. The Balaban J connectivity index is 4.58. The number of rotatable bonds is 10. The van der Waals surface area contributed by atoms with Crippen molar-refractivity contribution in [1.82, 2.24) is 0 Å². The molecule has 23 heavy (non-hydrogen) atoms. The van der Waals surface area contributed by atoms with E-state index in [1.54, 1.807) is 0 Å². The summed E-state index contributed by atoms with van der Waals surface area (Å²) in [4.78, 5) is 10.6. The lowest BCUT2D eigenvalue weighted by molar-refractivity contribution is -0.346. The molecule has 4 nitrogen and oxygen atoms in total. The number of aliphatic hydroxyl groups is 1. The Morgan fingerprint density at radius 2 is 1.65 bits per heavy atom. The lowest BCUT2D eigenvalue weighted by atomic mass is 10.1. The second-order valence-electron chi connectivity index (χ2n) is 4.21. The molecule has 0 fully saturated rings. The number of ether oxygens (including phenoxy) is 2. The molecule has 0 radical (unpaired) electrons. The highest BCUT2D eigenvalue weighted by atomic mass is 19.4. The molecular weight excluding hydrogens is 348 g/mol. The van der Waals surface area contributed by atoms with Gasteiger partial charge >= 0.3 is 30.2 Å². The van der Waals surface area contributed by atoms with Gasteiger partial charge in [-0.25, -0.2) is 13.6 Å². The summed E-state index contributed by atoms with van der Waals surface area (Å²) in [6.45, 7) is -1.25. The SMILES string of the molecule is C=CC(=O)OCC(O)COCC(F)(F)C(F)(F)C(F)(F)C(F)F. The van der Waals surface area contributed by atoms with Crippen LogP contribution in [0.5, 0.6) is 0 Å². The van der Waals surface area contributed by atoms with Crippen LogP contribution in [0.3, 0.4) is 0 Å². The first-order valence-electron chi connectivity index (χ1n) is 5.76. The number of alkyl halides is 8. The molecule has 0 amide bonds. The Kier molecular flexibility index (Phi) is 7.41. The van der Waals surface area contributed by atoms with E-state index in [1.165, 1.54) is 0 Å². The summed E-state index contributed by atoms with van der Waals surface area (Å²) in [7, 11) is 0. The molecule has 0 saturated carbocycles. The zero-order valence-electron chi connectivity index (χ0n) is 11.3. The minimum atomic E-state index is -6.38. The Bertz CT molecular complexity index is 413. The minimum absolute atomic E-state index is 0.703. The summed E-state index contributed by atoms with van der Waals surface area (Å²) in [5.74, 6) is -19.3. The summed E-state index contributed by atoms with van der Waals surface area (Å²) >= 11 is 0. The van der Waals surface area contributed by atoms with E-state index in [4.69, 9.17) is 5.11 Å². The van der Waals surface area contributed by atoms with Crippen LogP contribution >= 0.6 is 0 Å². The van der Waals surface area contributed by atoms with Crippen LogP contribution < -0.4 is 0 Å². The van der Waals surface area contributed by atoms with Crippen molar-refractivity contribution in [1.29, 1.82) is 0 Å². The lowest BCUT2D eigenvalue weighted by Gasteiger charge is -2.32. The van der Waals surface area contributed by atoms with Gasteiger partial charge in [0.15, 0.2) is 0 Å². The van der Waals surface area contributed by atoms with Crippen molar-refractivity contribution in [2.75, 3.05) is 19.8 Å². The molecule has 0 aliphatic heterocycles. The highest BCUT2D eigenvalue weighted by Crippen LogP contribution is 2.48. The second-order valence-corrected chi connectivity index (χ2v) is 4.21. The zero-order valence-corrected chi connectivity index (χ0v) is 11.3. The monoisotopic (exact) mass is 360 g/mol. The molecule has 12 heteroatoms. The van der Waals surface area contributed by atoms with Gasteiger partial charge in [0.25, 0.3) is 0 Å². The molecule has 136 valence electrons. The number of halogens is 8. The average molecular weight is 360 g/mol. The Hall–Kier alpha value is -1.43. The maximum Gasteiger partial charge on any atom is 0.380 e. The molecule has 1 unspecified atom stereocenters.